The first-order valence-electron chi connectivity index (χ1n) is 10.4. The fourth-order valence-electron chi connectivity index (χ4n) is 3.10. The van der Waals surface area contributed by atoms with E-state index >= 15 is 0 Å². The van der Waals surface area contributed by atoms with Gasteiger partial charge in [-0.05, 0) is 60.7 Å². The highest BCUT2D eigenvalue weighted by molar-refractivity contribution is 7.99. The lowest BCUT2D eigenvalue weighted by molar-refractivity contribution is -0.119. The minimum absolute atomic E-state index is 0.106. The first-order valence-corrected chi connectivity index (χ1v) is 13.2. The van der Waals surface area contributed by atoms with E-state index in [4.69, 9.17) is 21.1 Å². The van der Waals surface area contributed by atoms with Crippen LogP contribution in [-0.4, -0.2) is 47.4 Å². The van der Waals surface area contributed by atoms with Gasteiger partial charge in [0.1, 0.15) is 12.4 Å². The number of hydrogen-bond acceptors (Lipinski definition) is 6. The van der Waals surface area contributed by atoms with E-state index < -0.39 is 28.3 Å². The maximum absolute atomic E-state index is 13.5. The van der Waals surface area contributed by atoms with Crippen LogP contribution in [0, 0.1) is 5.82 Å². The third-order valence-corrected chi connectivity index (χ3v) is 7.89. The smallest absolute Gasteiger partial charge is 0.264 e. The molecule has 0 saturated carbocycles. The molecule has 0 aliphatic heterocycles. The van der Waals surface area contributed by atoms with Gasteiger partial charge in [0.25, 0.3) is 10.0 Å². The third-order valence-electron chi connectivity index (χ3n) is 4.85. The Morgan fingerprint density at radius 1 is 1.00 bits per heavy atom. The number of carbonyl (C=O) groups excluding carboxylic acids is 1. The van der Waals surface area contributed by atoms with Gasteiger partial charge >= 0.3 is 0 Å². The molecule has 0 radical (unpaired) electrons. The molecule has 35 heavy (non-hydrogen) atoms. The number of ether oxygens (including phenoxy) is 2. The highest BCUT2D eigenvalue weighted by Gasteiger charge is 2.28. The van der Waals surface area contributed by atoms with Crippen LogP contribution >= 0.6 is 23.4 Å². The Balaban J connectivity index is 1.76. The average molecular weight is 539 g/mol. The first kappa shape index (κ1) is 26.7. The van der Waals surface area contributed by atoms with Crippen molar-refractivity contribution in [3.05, 3.63) is 77.6 Å². The average Bonchev–Trinajstić information content (AvgIpc) is 2.86. The molecule has 186 valence electrons. The fraction of sp³-hybridized carbons (Fsp3) is 0.208. The van der Waals surface area contributed by atoms with Gasteiger partial charge in [-0.3, -0.25) is 9.10 Å². The van der Waals surface area contributed by atoms with Gasteiger partial charge in [-0.15, -0.1) is 11.8 Å². The molecule has 11 heteroatoms. The molecule has 0 aliphatic rings. The zero-order chi connectivity index (χ0) is 25.4. The molecule has 0 spiro atoms. The maximum Gasteiger partial charge on any atom is 0.264 e. The van der Waals surface area contributed by atoms with Gasteiger partial charge in [0, 0.05) is 28.3 Å². The van der Waals surface area contributed by atoms with Gasteiger partial charge in [0.05, 0.1) is 24.8 Å². The van der Waals surface area contributed by atoms with Crippen molar-refractivity contribution in [3.63, 3.8) is 0 Å². The molecule has 0 saturated heterocycles. The van der Waals surface area contributed by atoms with E-state index in [0.717, 1.165) is 21.3 Å². The highest BCUT2D eigenvalue weighted by atomic mass is 35.5. The molecule has 3 rings (SSSR count). The van der Waals surface area contributed by atoms with Crippen molar-refractivity contribution < 1.29 is 27.1 Å². The Morgan fingerprint density at radius 3 is 2.29 bits per heavy atom. The van der Waals surface area contributed by atoms with E-state index in [1.807, 2.05) is 12.1 Å². The van der Waals surface area contributed by atoms with Crippen molar-refractivity contribution >= 4 is 45.0 Å². The van der Waals surface area contributed by atoms with Gasteiger partial charge in [-0.25, -0.2) is 12.8 Å². The predicted molar refractivity (Wildman–Crippen MR) is 136 cm³/mol. The Labute approximate surface area is 213 Å². The molecule has 3 aromatic rings. The number of carbonyl (C=O) groups is 1. The van der Waals surface area contributed by atoms with Crippen LogP contribution in [-0.2, 0) is 14.8 Å². The molecule has 3 aromatic carbocycles. The number of rotatable bonds is 11. The van der Waals surface area contributed by atoms with Crippen LogP contribution in [0.15, 0.2) is 76.5 Å². The van der Waals surface area contributed by atoms with E-state index in [1.54, 1.807) is 12.1 Å². The topological polar surface area (TPSA) is 84.9 Å². The van der Waals surface area contributed by atoms with Crippen LogP contribution in [0.5, 0.6) is 11.5 Å². The second-order valence-electron chi connectivity index (χ2n) is 7.16. The van der Waals surface area contributed by atoms with Gasteiger partial charge < -0.3 is 14.8 Å². The van der Waals surface area contributed by atoms with Crippen molar-refractivity contribution in [2.75, 3.05) is 37.4 Å². The summed E-state index contributed by atoms with van der Waals surface area (Å²) in [7, 11) is -1.37. The van der Waals surface area contributed by atoms with Crippen LogP contribution in [0.25, 0.3) is 0 Å². The van der Waals surface area contributed by atoms with E-state index in [1.165, 1.54) is 56.3 Å². The Kier molecular flexibility index (Phi) is 9.25. The van der Waals surface area contributed by atoms with Crippen molar-refractivity contribution in [2.24, 2.45) is 0 Å². The molecule has 7 nitrogen and oxygen atoms in total. The molecule has 0 bridgehead atoms. The number of nitrogens with zero attached hydrogens (tertiary/aromatic N) is 1. The van der Waals surface area contributed by atoms with E-state index in [0.29, 0.717) is 23.1 Å². The summed E-state index contributed by atoms with van der Waals surface area (Å²) in [5.41, 5.74) is 0.145. The number of benzene rings is 3. The summed E-state index contributed by atoms with van der Waals surface area (Å²) in [5.74, 6) is 0.120. The SMILES string of the molecule is COc1ccc(S(=O)(=O)N(CC(=O)NCCSc2ccc(Cl)cc2)c2ccc(F)cc2)cc1OC. The third kappa shape index (κ3) is 7.03. The quantitative estimate of drug-likeness (QED) is 0.284. The van der Waals surface area contributed by atoms with Gasteiger partial charge in [0.2, 0.25) is 5.91 Å². The number of nitrogens with one attached hydrogen (secondary N) is 1. The Morgan fingerprint density at radius 2 is 1.66 bits per heavy atom. The molecular formula is C24H24ClFN2O5S2. The molecule has 0 aliphatic carbocycles. The number of anilines is 1. The monoisotopic (exact) mass is 538 g/mol. The standard InChI is InChI=1S/C24H24ClFN2O5S2/c1-32-22-12-11-21(15-23(22)33-2)35(30,31)28(19-7-5-18(26)6-8-19)16-24(29)27-13-14-34-20-9-3-17(25)4-10-20/h3-12,15H,13-14,16H2,1-2H3,(H,27,29). The summed E-state index contributed by atoms with van der Waals surface area (Å²) in [6, 6.07) is 16.3. The summed E-state index contributed by atoms with van der Waals surface area (Å²) < 4.78 is 51.8. The Bertz CT molecular complexity index is 1260. The minimum atomic E-state index is -4.20. The lowest BCUT2D eigenvalue weighted by atomic mass is 10.3. The number of sulfonamides is 1. The van der Waals surface area contributed by atoms with E-state index in [-0.39, 0.29) is 16.3 Å². The molecule has 0 atom stereocenters. The second-order valence-corrected chi connectivity index (χ2v) is 10.6. The van der Waals surface area contributed by atoms with Crippen LogP contribution in [0.2, 0.25) is 5.02 Å². The molecule has 1 N–H and O–H groups in total. The molecule has 0 aromatic heterocycles. The number of methoxy groups -OCH3 is 2. The largest absolute Gasteiger partial charge is 0.493 e. The van der Waals surface area contributed by atoms with Crippen molar-refractivity contribution in [2.45, 2.75) is 9.79 Å². The fourth-order valence-corrected chi connectivity index (χ4v) is 5.43. The molecule has 1 amide bonds. The predicted octanol–water partition coefficient (Wildman–Crippen LogP) is 4.60. The Hall–Kier alpha value is -2.95. The number of hydrogen-bond donors (Lipinski definition) is 1. The molecule has 0 unspecified atom stereocenters. The number of thioether (sulfide) groups is 1. The normalized spacial score (nSPS) is 11.1. The van der Waals surface area contributed by atoms with E-state index in [9.17, 15) is 17.6 Å². The van der Waals surface area contributed by atoms with Gasteiger partial charge in [0.15, 0.2) is 11.5 Å². The zero-order valence-electron chi connectivity index (χ0n) is 19.0. The van der Waals surface area contributed by atoms with Crippen molar-refractivity contribution in [1.82, 2.24) is 5.32 Å². The summed E-state index contributed by atoms with van der Waals surface area (Å²) in [6.07, 6.45) is 0. The number of halogens is 2. The van der Waals surface area contributed by atoms with E-state index in [2.05, 4.69) is 5.32 Å². The summed E-state index contributed by atoms with van der Waals surface area (Å²) in [4.78, 5) is 13.6. The maximum atomic E-state index is 13.5. The van der Waals surface area contributed by atoms with Gasteiger partial charge in [-0.2, -0.15) is 0 Å². The summed E-state index contributed by atoms with van der Waals surface area (Å²) in [6.45, 7) is -0.173. The second kappa shape index (κ2) is 12.1. The van der Waals surface area contributed by atoms with Crippen LogP contribution < -0.4 is 19.1 Å². The van der Waals surface area contributed by atoms with Crippen molar-refractivity contribution in [3.8, 4) is 11.5 Å². The van der Waals surface area contributed by atoms with Crippen LogP contribution in [0.3, 0.4) is 0 Å². The molecule has 0 heterocycles. The zero-order valence-corrected chi connectivity index (χ0v) is 21.4. The molecule has 0 fully saturated rings. The van der Waals surface area contributed by atoms with Crippen LogP contribution in [0.1, 0.15) is 0 Å². The lowest BCUT2D eigenvalue weighted by Crippen LogP contribution is -2.41. The lowest BCUT2D eigenvalue weighted by Gasteiger charge is -2.24. The molecular weight excluding hydrogens is 515 g/mol. The number of amides is 1. The minimum Gasteiger partial charge on any atom is -0.493 e. The highest BCUT2D eigenvalue weighted by Crippen LogP contribution is 2.32. The summed E-state index contributed by atoms with van der Waals surface area (Å²) >= 11 is 7.41. The van der Waals surface area contributed by atoms with Gasteiger partial charge in [-0.1, -0.05) is 11.6 Å². The van der Waals surface area contributed by atoms with Crippen molar-refractivity contribution in [1.29, 1.82) is 0 Å². The van der Waals surface area contributed by atoms with Crippen LogP contribution in [0.4, 0.5) is 10.1 Å². The summed E-state index contributed by atoms with van der Waals surface area (Å²) in [5, 5.41) is 3.37. The first-order chi connectivity index (χ1) is 16.7.